The van der Waals surface area contributed by atoms with Gasteiger partial charge >= 0.3 is 0 Å². The number of alkyl halides is 1. The molecule has 1 rings (SSSR count). The summed E-state index contributed by atoms with van der Waals surface area (Å²) in [6.07, 6.45) is 7.57. The van der Waals surface area contributed by atoms with Gasteiger partial charge in [0.05, 0.1) is 6.54 Å². The Balaban J connectivity index is 2.34. The zero-order chi connectivity index (χ0) is 7.23. The zero-order valence-electron chi connectivity index (χ0n) is 5.57. The Hall–Kier alpha value is -0.760. The molecule has 1 aromatic heterocycles. The molecule has 10 heavy (non-hydrogen) atoms. The maximum Gasteiger partial charge on any atom is 0.0590 e. The van der Waals surface area contributed by atoms with Gasteiger partial charge in [-0.25, -0.2) is 0 Å². The van der Waals surface area contributed by atoms with E-state index in [1.807, 2.05) is 29.1 Å². The van der Waals surface area contributed by atoms with E-state index in [2.05, 4.69) is 5.10 Å². The highest BCUT2D eigenvalue weighted by Crippen LogP contribution is 1.86. The second-order valence-corrected chi connectivity index (χ2v) is 2.16. The fourth-order valence-corrected chi connectivity index (χ4v) is 0.780. The van der Waals surface area contributed by atoms with Gasteiger partial charge in [0.2, 0.25) is 0 Å². The van der Waals surface area contributed by atoms with Gasteiger partial charge in [-0.05, 0) is 6.07 Å². The molecule has 0 saturated carbocycles. The van der Waals surface area contributed by atoms with Crippen molar-refractivity contribution in [1.82, 2.24) is 9.78 Å². The molecule has 0 aliphatic heterocycles. The first-order chi connectivity index (χ1) is 4.93. The molecule has 0 saturated heterocycles. The number of aromatic nitrogens is 2. The lowest BCUT2D eigenvalue weighted by Crippen LogP contribution is -1.93. The van der Waals surface area contributed by atoms with Crippen molar-refractivity contribution in [1.29, 1.82) is 0 Å². The minimum absolute atomic E-state index is 0.571. The van der Waals surface area contributed by atoms with Gasteiger partial charge in [0, 0.05) is 18.3 Å². The second-order valence-electron chi connectivity index (χ2n) is 1.85. The normalized spacial score (nSPS) is 10.9. The maximum atomic E-state index is 5.43. The van der Waals surface area contributed by atoms with Crippen LogP contribution in [0.1, 0.15) is 0 Å². The van der Waals surface area contributed by atoms with Crippen LogP contribution in [0.5, 0.6) is 0 Å². The molecule has 54 valence electrons. The van der Waals surface area contributed by atoms with Crippen molar-refractivity contribution in [2.24, 2.45) is 0 Å². The van der Waals surface area contributed by atoms with Crippen molar-refractivity contribution in [2.75, 3.05) is 5.88 Å². The van der Waals surface area contributed by atoms with Crippen molar-refractivity contribution in [3.8, 4) is 0 Å². The summed E-state index contributed by atoms with van der Waals surface area (Å²) in [5.74, 6) is 0.571. The third kappa shape index (κ3) is 2.23. The third-order valence-electron chi connectivity index (χ3n) is 1.11. The SMILES string of the molecule is ClC/C=C\Cn1cccn1. The van der Waals surface area contributed by atoms with Crippen molar-refractivity contribution < 1.29 is 0 Å². The summed E-state index contributed by atoms with van der Waals surface area (Å²) in [6.45, 7) is 0.805. The molecule has 1 aromatic rings. The summed E-state index contributed by atoms with van der Waals surface area (Å²) >= 11 is 5.43. The van der Waals surface area contributed by atoms with E-state index in [-0.39, 0.29) is 0 Å². The molecule has 0 fully saturated rings. The van der Waals surface area contributed by atoms with E-state index in [0.29, 0.717) is 5.88 Å². The van der Waals surface area contributed by atoms with Crippen molar-refractivity contribution in [3.63, 3.8) is 0 Å². The van der Waals surface area contributed by atoms with E-state index in [9.17, 15) is 0 Å². The van der Waals surface area contributed by atoms with Crippen LogP contribution in [0, 0.1) is 0 Å². The number of hydrogen-bond acceptors (Lipinski definition) is 1. The second kappa shape index (κ2) is 4.12. The lowest BCUT2D eigenvalue weighted by molar-refractivity contribution is 0.701. The smallest absolute Gasteiger partial charge is 0.0590 e. The maximum absolute atomic E-state index is 5.43. The number of hydrogen-bond donors (Lipinski definition) is 0. The monoisotopic (exact) mass is 156 g/mol. The highest BCUT2D eigenvalue weighted by Gasteiger charge is 1.81. The molecule has 0 atom stereocenters. The van der Waals surface area contributed by atoms with Gasteiger partial charge in [0.1, 0.15) is 0 Å². The summed E-state index contributed by atoms with van der Waals surface area (Å²) < 4.78 is 1.84. The minimum Gasteiger partial charge on any atom is -0.269 e. The molecule has 0 aromatic carbocycles. The Bertz CT molecular complexity index is 191. The largest absolute Gasteiger partial charge is 0.269 e. The first-order valence-electron chi connectivity index (χ1n) is 3.12. The summed E-state index contributed by atoms with van der Waals surface area (Å²) in [5.41, 5.74) is 0. The van der Waals surface area contributed by atoms with Gasteiger partial charge in [-0.3, -0.25) is 4.68 Å². The number of nitrogens with zero attached hydrogens (tertiary/aromatic N) is 2. The Kier molecular flexibility index (Phi) is 3.03. The molecule has 0 unspecified atom stereocenters. The molecule has 0 N–H and O–H groups in total. The van der Waals surface area contributed by atoms with Crippen LogP contribution in [0.25, 0.3) is 0 Å². The van der Waals surface area contributed by atoms with Crippen LogP contribution in [0.4, 0.5) is 0 Å². The lowest BCUT2D eigenvalue weighted by atomic mass is 10.5. The molecular formula is C7H9ClN2. The fraction of sp³-hybridized carbons (Fsp3) is 0.286. The zero-order valence-corrected chi connectivity index (χ0v) is 6.33. The number of allylic oxidation sites excluding steroid dienone is 2. The van der Waals surface area contributed by atoms with Crippen LogP contribution in [0.15, 0.2) is 30.6 Å². The Morgan fingerprint density at radius 2 is 2.40 bits per heavy atom. The highest BCUT2D eigenvalue weighted by molar-refractivity contribution is 6.18. The average Bonchev–Trinajstić information content (AvgIpc) is 2.41. The van der Waals surface area contributed by atoms with Crippen molar-refractivity contribution in [3.05, 3.63) is 30.6 Å². The average molecular weight is 157 g/mol. The molecule has 0 spiro atoms. The van der Waals surface area contributed by atoms with Gasteiger partial charge in [0.25, 0.3) is 0 Å². The van der Waals surface area contributed by atoms with E-state index in [4.69, 9.17) is 11.6 Å². The molecule has 0 bridgehead atoms. The Morgan fingerprint density at radius 3 is 3.00 bits per heavy atom. The molecule has 0 amide bonds. The van der Waals surface area contributed by atoms with Crippen LogP contribution in [0.2, 0.25) is 0 Å². The molecule has 0 aliphatic rings. The first kappa shape index (κ1) is 7.35. The minimum atomic E-state index is 0.571. The molecule has 3 heteroatoms. The van der Waals surface area contributed by atoms with E-state index in [1.165, 1.54) is 0 Å². The van der Waals surface area contributed by atoms with Gasteiger partial charge in [-0.1, -0.05) is 12.2 Å². The van der Waals surface area contributed by atoms with E-state index in [1.54, 1.807) is 6.20 Å². The summed E-state index contributed by atoms with van der Waals surface area (Å²) in [4.78, 5) is 0. The number of rotatable bonds is 3. The quantitative estimate of drug-likeness (QED) is 0.481. The molecule has 2 nitrogen and oxygen atoms in total. The summed E-state index contributed by atoms with van der Waals surface area (Å²) in [7, 11) is 0. The summed E-state index contributed by atoms with van der Waals surface area (Å²) in [6, 6.07) is 1.90. The Morgan fingerprint density at radius 1 is 1.50 bits per heavy atom. The fourth-order valence-electron chi connectivity index (χ4n) is 0.654. The lowest BCUT2D eigenvalue weighted by Gasteiger charge is -1.91. The van der Waals surface area contributed by atoms with E-state index in [0.717, 1.165) is 6.54 Å². The van der Waals surface area contributed by atoms with Crippen LogP contribution >= 0.6 is 11.6 Å². The molecule has 0 radical (unpaired) electrons. The van der Waals surface area contributed by atoms with Crippen LogP contribution < -0.4 is 0 Å². The van der Waals surface area contributed by atoms with E-state index >= 15 is 0 Å². The third-order valence-corrected chi connectivity index (χ3v) is 1.29. The Labute approximate surface area is 65.1 Å². The van der Waals surface area contributed by atoms with Gasteiger partial charge in [-0.15, -0.1) is 11.6 Å². The van der Waals surface area contributed by atoms with Crippen LogP contribution in [0.3, 0.4) is 0 Å². The van der Waals surface area contributed by atoms with Crippen molar-refractivity contribution >= 4 is 11.6 Å². The standard InChI is InChI=1S/C7H9ClN2/c8-4-1-2-6-10-7-3-5-9-10/h1-3,5,7H,4,6H2/b2-1-. The van der Waals surface area contributed by atoms with Crippen LogP contribution in [-0.2, 0) is 6.54 Å². The molecular weight excluding hydrogens is 148 g/mol. The predicted molar refractivity (Wildman–Crippen MR) is 42.1 cm³/mol. The predicted octanol–water partition coefficient (Wildman–Crippen LogP) is 1.68. The summed E-state index contributed by atoms with van der Waals surface area (Å²) in [5, 5.41) is 4.01. The highest BCUT2D eigenvalue weighted by atomic mass is 35.5. The van der Waals surface area contributed by atoms with Gasteiger partial charge in [-0.2, -0.15) is 5.10 Å². The number of halogens is 1. The topological polar surface area (TPSA) is 17.8 Å². The van der Waals surface area contributed by atoms with Gasteiger partial charge in [0.15, 0.2) is 0 Å². The van der Waals surface area contributed by atoms with E-state index < -0.39 is 0 Å². The first-order valence-corrected chi connectivity index (χ1v) is 3.65. The molecule has 1 heterocycles. The van der Waals surface area contributed by atoms with Gasteiger partial charge < -0.3 is 0 Å². The molecule has 0 aliphatic carbocycles. The van der Waals surface area contributed by atoms with Crippen LogP contribution in [-0.4, -0.2) is 15.7 Å². The van der Waals surface area contributed by atoms with Crippen molar-refractivity contribution in [2.45, 2.75) is 6.54 Å².